The number of nitrogens with zero attached hydrogens (tertiary/aromatic N) is 1. The standard InChI is InChI=1S/C11H8F4N2O/c1-6-5-16-10(17-6)8-4-7(2-3-9(8)12)18-11(13,14)15/h2-5H,1H3,(H,16,17). The van der Waals surface area contributed by atoms with E-state index in [4.69, 9.17) is 0 Å². The highest BCUT2D eigenvalue weighted by atomic mass is 19.4. The molecule has 0 radical (unpaired) electrons. The molecule has 96 valence electrons. The molecule has 0 aliphatic heterocycles. The van der Waals surface area contributed by atoms with Gasteiger partial charge >= 0.3 is 6.36 Å². The number of imidazole rings is 1. The van der Waals surface area contributed by atoms with Crippen molar-refractivity contribution in [1.29, 1.82) is 0 Å². The molecular formula is C11H8F4N2O. The van der Waals surface area contributed by atoms with Crippen LogP contribution in [0.5, 0.6) is 5.75 Å². The van der Waals surface area contributed by atoms with Crippen molar-refractivity contribution in [3.63, 3.8) is 0 Å². The molecule has 0 aliphatic rings. The second-order valence-electron chi connectivity index (χ2n) is 3.60. The van der Waals surface area contributed by atoms with Crippen LogP contribution in [0.15, 0.2) is 24.4 Å². The topological polar surface area (TPSA) is 37.9 Å². The number of nitrogens with one attached hydrogen (secondary N) is 1. The molecule has 1 aromatic carbocycles. The molecular weight excluding hydrogens is 252 g/mol. The van der Waals surface area contributed by atoms with E-state index in [0.29, 0.717) is 5.69 Å². The van der Waals surface area contributed by atoms with E-state index in [-0.39, 0.29) is 11.4 Å². The molecule has 7 heteroatoms. The maximum atomic E-state index is 13.5. The zero-order valence-corrected chi connectivity index (χ0v) is 9.18. The highest BCUT2D eigenvalue weighted by Crippen LogP contribution is 2.28. The van der Waals surface area contributed by atoms with Crippen LogP contribution < -0.4 is 4.74 Å². The Balaban J connectivity index is 2.39. The molecule has 0 atom stereocenters. The van der Waals surface area contributed by atoms with E-state index >= 15 is 0 Å². The van der Waals surface area contributed by atoms with E-state index < -0.39 is 17.9 Å². The molecule has 0 unspecified atom stereocenters. The van der Waals surface area contributed by atoms with Crippen LogP contribution >= 0.6 is 0 Å². The number of aromatic amines is 1. The lowest BCUT2D eigenvalue weighted by Crippen LogP contribution is -2.17. The molecule has 0 saturated heterocycles. The summed E-state index contributed by atoms with van der Waals surface area (Å²) in [5, 5.41) is 0. The molecule has 1 heterocycles. The normalized spacial score (nSPS) is 11.6. The average molecular weight is 260 g/mol. The molecule has 2 rings (SSSR count). The first-order valence-electron chi connectivity index (χ1n) is 4.92. The number of H-pyrrole nitrogens is 1. The zero-order valence-electron chi connectivity index (χ0n) is 9.18. The van der Waals surface area contributed by atoms with Crippen LogP contribution in [0.2, 0.25) is 0 Å². The summed E-state index contributed by atoms with van der Waals surface area (Å²) in [4.78, 5) is 6.59. The Morgan fingerprint density at radius 3 is 2.56 bits per heavy atom. The first-order chi connectivity index (χ1) is 8.35. The number of halogens is 4. The van der Waals surface area contributed by atoms with E-state index in [0.717, 1.165) is 18.2 Å². The molecule has 0 amide bonds. The second kappa shape index (κ2) is 4.32. The van der Waals surface area contributed by atoms with Crippen molar-refractivity contribution in [3.8, 4) is 17.1 Å². The molecule has 1 N–H and O–H groups in total. The summed E-state index contributed by atoms with van der Waals surface area (Å²) in [6.07, 6.45) is -3.36. The monoisotopic (exact) mass is 260 g/mol. The molecule has 0 aliphatic carbocycles. The maximum absolute atomic E-state index is 13.5. The van der Waals surface area contributed by atoms with Crippen molar-refractivity contribution in [2.24, 2.45) is 0 Å². The number of aryl methyl sites for hydroxylation is 1. The number of benzene rings is 1. The zero-order chi connectivity index (χ0) is 13.3. The van der Waals surface area contributed by atoms with Gasteiger partial charge in [-0.3, -0.25) is 0 Å². The molecule has 2 aromatic rings. The smallest absolute Gasteiger partial charge is 0.406 e. The Morgan fingerprint density at radius 2 is 2.00 bits per heavy atom. The van der Waals surface area contributed by atoms with Gasteiger partial charge in [-0.15, -0.1) is 13.2 Å². The predicted octanol–water partition coefficient (Wildman–Crippen LogP) is 3.42. The quantitative estimate of drug-likeness (QED) is 0.840. The third-order valence-electron chi connectivity index (χ3n) is 2.13. The lowest BCUT2D eigenvalue weighted by Gasteiger charge is -2.09. The van der Waals surface area contributed by atoms with Gasteiger partial charge in [0.25, 0.3) is 0 Å². The lowest BCUT2D eigenvalue weighted by molar-refractivity contribution is -0.274. The molecule has 0 spiro atoms. The van der Waals surface area contributed by atoms with Gasteiger partial charge in [-0.25, -0.2) is 9.37 Å². The largest absolute Gasteiger partial charge is 0.573 e. The number of hydrogen-bond donors (Lipinski definition) is 1. The average Bonchev–Trinajstić information content (AvgIpc) is 2.66. The Bertz CT molecular complexity index is 562. The van der Waals surface area contributed by atoms with E-state index in [9.17, 15) is 17.6 Å². The number of alkyl halides is 3. The SMILES string of the molecule is Cc1cnc(-c2cc(OC(F)(F)F)ccc2F)[nH]1. The van der Waals surface area contributed by atoms with Gasteiger partial charge in [-0.1, -0.05) is 0 Å². The van der Waals surface area contributed by atoms with E-state index in [1.165, 1.54) is 6.20 Å². The Morgan fingerprint density at radius 1 is 1.28 bits per heavy atom. The maximum Gasteiger partial charge on any atom is 0.573 e. The van der Waals surface area contributed by atoms with Crippen LogP contribution in [0.4, 0.5) is 17.6 Å². The summed E-state index contributed by atoms with van der Waals surface area (Å²) in [6.45, 7) is 1.70. The van der Waals surface area contributed by atoms with Crippen LogP contribution in [0.3, 0.4) is 0 Å². The summed E-state index contributed by atoms with van der Waals surface area (Å²) in [7, 11) is 0. The van der Waals surface area contributed by atoms with E-state index in [1.54, 1.807) is 6.92 Å². The van der Waals surface area contributed by atoms with E-state index in [2.05, 4.69) is 14.7 Å². The van der Waals surface area contributed by atoms with Gasteiger partial charge in [0.2, 0.25) is 0 Å². The number of ether oxygens (including phenoxy) is 1. The Labute approximate surface area is 99.4 Å². The van der Waals surface area contributed by atoms with Crippen molar-refractivity contribution in [2.75, 3.05) is 0 Å². The number of rotatable bonds is 2. The Kier molecular flexibility index (Phi) is 2.98. The van der Waals surface area contributed by atoms with Crippen molar-refractivity contribution < 1.29 is 22.3 Å². The third kappa shape index (κ3) is 2.79. The van der Waals surface area contributed by atoms with Crippen molar-refractivity contribution in [1.82, 2.24) is 9.97 Å². The summed E-state index contributed by atoms with van der Waals surface area (Å²) < 4.78 is 53.3. The van der Waals surface area contributed by atoms with Gasteiger partial charge in [0.1, 0.15) is 17.4 Å². The van der Waals surface area contributed by atoms with Crippen LogP contribution in [0.1, 0.15) is 5.69 Å². The first-order valence-corrected chi connectivity index (χ1v) is 4.92. The molecule has 0 saturated carbocycles. The van der Waals surface area contributed by atoms with E-state index in [1.807, 2.05) is 0 Å². The minimum Gasteiger partial charge on any atom is -0.406 e. The van der Waals surface area contributed by atoms with Crippen molar-refractivity contribution >= 4 is 0 Å². The summed E-state index contributed by atoms with van der Waals surface area (Å²) in [5.74, 6) is -1.02. The van der Waals surface area contributed by atoms with Crippen LogP contribution in [-0.4, -0.2) is 16.3 Å². The van der Waals surface area contributed by atoms with Gasteiger partial charge < -0.3 is 9.72 Å². The molecule has 0 bridgehead atoms. The molecule has 18 heavy (non-hydrogen) atoms. The predicted molar refractivity (Wildman–Crippen MR) is 55.4 cm³/mol. The fraction of sp³-hybridized carbons (Fsp3) is 0.182. The van der Waals surface area contributed by atoms with Gasteiger partial charge in [0, 0.05) is 11.9 Å². The van der Waals surface area contributed by atoms with Crippen LogP contribution in [-0.2, 0) is 0 Å². The highest BCUT2D eigenvalue weighted by Gasteiger charge is 2.31. The van der Waals surface area contributed by atoms with Crippen molar-refractivity contribution in [2.45, 2.75) is 13.3 Å². The van der Waals surface area contributed by atoms with Gasteiger partial charge in [0.15, 0.2) is 0 Å². The second-order valence-corrected chi connectivity index (χ2v) is 3.60. The molecule has 3 nitrogen and oxygen atoms in total. The summed E-state index contributed by atoms with van der Waals surface area (Å²) >= 11 is 0. The molecule has 1 aromatic heterocycles. The summed E-state index contributed by atoms with van der Waals surface area (Å²) in [5.41, 5.74) is 0.594. The van der Waals surface area contributed by atoms with Gasteiger partial charge in [-0.05, 0) is 25.1 Å². The van der Waals surface area contributed by atoms with Crippen molar-refractivity contribution in [3.05, 3.63) is 35.9 Å². The molecule has 0 fully saturated rings. The number of hydrogen-bond acceptors (Lipinski definition) is 2. The van der Waals surface area contributed by atoms with Gasteiger partial charge in [-0.2, -0.15) is 0 Å². The van der Waals surface area contributed by atoms with Crippen LogP contribution in [0, 0.1) is 12.7 Å². The summed E-state index contributed by atoms with van der Waals surface area (Å²) in [6, 6.07) is 2.75. The highest BCUT2D eigenvalue weighted by molar-refractivity contribution is 5.58. The fourth-order valence-electron chi connectivity index (χ4n) is 1.43. The third-order valence-corrected chi connectivity index (χ3v) is 2.13. The Hall–Kier alpha value is -2.05. The minimum absolute atomic E-state index is 0.0788. The lowest BCUT2D eigenvalue weighted by atomic mass is 10.2. The van der Waals surface area contributed by atoms with Gasteiger partial charge in [0.05, 0.1) is 5.56 Å². The fourth-order valence-corrected chi connectivity index (χ4v) is 1.43. The first kappa shape index (κ1) is 12.4. The van der Waals surface area contributed by atoms with Crippen LogP contribution in [0.25, 0.3) is 11.4 Å². The number of aromatic nitrogens is 2. The minimum atomic E-state index is -4.81.